The van der Waals surface area contributed by atoms with Crippen LogP contribution < -0.4 is 10.6 Å². The van der Waals surface area contributed by atoms with Gasteiger partial charge >= 0.3 is 0 Å². The van der Waals surface area contributed by atoms with Crippen LogP contribution in [0.25, 0.3) is 0 Å². The highest BCUT2D eigenvalue weighted by Crippen LogP contribution is 2.31. The van der Waals surface area contributed by atoms with Crippen LogP contribution in [0.5, 0.6) is 0 Å². The van der Waals surface area contributed by atoms with Gasteiger partial charge in [0.1, 0.15) is 0 Å². The quantitative estimate of drug-likeness (QED) is 0.865. The van der Waals surface area contributed by atoms with Gasteiger partial charge in [0.2, 0.25) is 0 Å². The summed E-state index contributed by atoms with van der Waals surface area (Å²) < 4.78 is 0. The van der Waals surface area contributed by atoms with Crippen molar-refractivity contribution < 1.29 is 0 Å². The molecule has 2 fully saturated rings. The minimum absolute atomic E-state index is 0.845. The van der Waals surface area contributed by atoms with E-state index in [4.69, 9.17) is 5.73 Å². The Morgan fingerprint density at radius 2 is 1.67 bits per heavy atom. The Morgan fingerprint density at radius 1 is 1.00 bits per heavy atom. The predicted molar refractivity (Wildman–Crippen MR) is 90.7 cm³/mol. The molecule has 0 amide bonds. The zero-order chi connectivity index (χ0) is 14.7. The fraction of sp³-hybridized carbons (Fsp3) is 0.667. The Morgan fingerprint density at radius 3 is 2.33 bits per heavy atom. The molecule has 1 saturated heterocycles. The largest absolute Gasteiger partial charge is 0.399 e. The van der Waals surface area contributed by atoms with E-state index in [0.29, 0.717) is 0 Å². The highest BCUT2D eigenvalue weighted by molar-refractivity contribution is 5.53. The molecule has 21 heavy (non-hydrogen) atoms. The topological polar surface area (TPSA) is 32.5 Å². The summed E-state index contributed by atoms with van der Waals surface area (Å²) >= 11 is 0. The summed E-state index contributed by atoms with van der Waals surface area (Å²) in [6.07, 6.45) is 7.09. The first-order valence-electron chi connectivity index (χ1n) is 8.62. The lowest BCUT2D eigenvalue weighted by atomic mass is 9.81. The first kappa shape index (κ1) is 14.7. The average Bonchev–Trinajstić information content (AvgIpc) is 2.56. The van der Waals surface area contributed by atoms with Crippen LogP contribution in [-0.4, -0.2) is 37.1 Å². The Bertz CT molecular complexity index is 434. The number of piperazine rings is 1. The minimum atomic E-state index is 0.845. The molecule has 3 heteroatoms. The van der Waals surface area contributed by atoms with E-state index in [1.165, 1.54) is 50.9 Å². The molecule has 3 rings (SSSR count). The van der Waals surface area contributed by atoms with Crippen LogP contribution in [0.15, 0.2) is 24.3 Å². The number of hydrogen-bond acceptors (Lipinski definition) is 3. The second kappa shape index (κ2) is 6.69. The van der Waals surface area contributed by atoms with Crippen molar-refractivity contribution in [1.29, 1.82) is 0 Å². The van der Waals surface area contributed by atoms with E-state index in [1.807, 2.05) is 12.1 Å². The number of anilines is 2. The molecule has 1 heterocycles. The highest BCUT2D eigenvalue weighted by atomic mass is 15.3. The summed E-state index contributed by atoms with van der Waals surface area (Å²) in [7, 11) is 0. The van der Waals surface area contributed by atoms with Crippen LogP contribution in [0.4, 0.5) is 11.4 Å². The van der Waals surface area contributed by atoms with Crippen molar-refractivity contribution in [3.8, 4) is 0 Å². The van der Waals surface area contributed by atoms with Crippen molar-refractivity contribution in [2.75, 3.05) is 36.8 Å². The third-order valence-corrected chi connectivity index (χ3v) is 5.43. The fourth-order valence-electron chi connectivity index (χ4n) is 4.14. The van der Waals surface area contributed by atoms with Crippen LogP contribution in [-0.2, 0) is 0 Å². The molecule has 1 aliphatic heterocycles. The molecule has 1 aromatic rings. The van der Waals surface area contributed by atoms with E-state index >= 15 is 0 Å². The molecule has 2 atom stereocenters. The normalized spacial score (nSPS) is 27.8. The zero-order valence-electron chi connectivity index (χ0n) is 13.3. The van der Waals surface area contributed by atoms with Crippen molar-refractivity contribution in [1.82, 2.24) is 4.90 Å². The van der Waals surface area contributed by atoms with Crippen molar-refractivity contribution in [3.05, 3.63) is 24.3 Å². The van der Waals surface area contributed by atoms with Gasteiger partial charge < -0.3 is 10.6 Å². The molecule has 1 aromatic carbocycles. The first-order valence-corrected chi connectivity index (χ1v) is 8.62. The van der Waals surface area contributed by atoms with Crippen molar-refractivity contribution in [2.24, 2.45) is 5.92 Å². The summed E-state index contributed by atoms with van der Waals surface area (Å²) in [5.41, 5.74) is 7.95. The highest BCUT2D eigenvalue weighted by Gasteiger charge is 2.30. The lowest BCUT2D eigenvalue weighted by molar-refractivity contribution is 0.0952. The standard InChI is InChI=1S/C18H29N3/c1-2-15-5-3-4-6-18(15)21-13-11-20(12-14-21)17-9-7-16(19)8-10-17/h7-10,15,18H,2-6,11-14,19H2,1H3. The molecule has 0 radical (unpaired) electrons. The molecule has 1 saturated carbocycles. The van der Waals surface area contributed by atoms with Crippen LogP contribution in [0.3, 0.4) is 0 Å². The number of rotatable bonds is 3. The Balaban J connectivity index is 1.58. The molecule has 0 spiro atoms. The molecule has 2 aliphatic rings. The van der Waals surface area contributed by atoms with Gasteiger partial charge in [-0.25, -0.2) is 0 Å². The Hall–Kier alpha value is -1.22. The monoisotopic (exact) mass is 287 g/mol. The van der Waals surface area contributed by atoms with E-state index in [-0.39, 0.29) is 0 Å². The number of nitrogens with two attached hydrogens (primary N) is 1. The van der Waals surface area contributed by atoms with E-state index < -0.39 is 0 Å². The SMILES string of the molecule is CCC1CCCCC1N1CCN(c2ccc(N)cc2)CC1. The molecule has 0 aromatic heterocycles. The third kappa shape index (κ3) is 3.34. The van der Waals surface area contributed by atoms with Gasteiger partial charge in [0.15, 0.2) is 0 Å². The van der Waals surface area contributed by atoms with Crippen LogP contribution in [0.2, 0.25) is 0 Å². The maximum Gasteiger partial charge on any atom is 0.0368 e. The van der Waals surface area contributed by atoms with E-state index in [1.54, 1.807) is 0 Å². The first-order chi connectivity index (χ1) is 10.3. The third-order valence-electron chi connectivity index (χ3n) is 5.43. The summed E-state index contributed by atoms with van der Waals surface area (Å²) in [5.74, 6) is 0.932. The van der Waals surface area contributed by atoms with Gasteiger partial charge in [-0.3, -0.25) is 4.90 Å². The number of hydrogen-bond donors (Lipinski definition) is 1. The van der Waals surface area contributed by atoms with Gasteiger partial charge in [0.05, 0.1) is 0 Å². The Kier molecular flexibility index (Phi) is 4.69. The molecule has 2 N–H and O–H groups in total. The zero-order valence-corrected chi connectivity index (χ0v) is 13.3. The van der Waals surface area contributed by atoms with Gasteiger partial charge in [-0.15, -0.1) is 0 Å². The summed E-state index contributed by atoms with van der Waals surface area (Å²) in [6.45, 7) is 7.10. The van der Waals surface area contributed by atoms with Gasteiger partial charge in [0, 0.05) is 43.6 Å². The second-order valence-electron chi connectivity index (χ2n) is 6.63. The lowest BCUT2D eigenvalue weighted by Gasteiger charge is -2.44. The summed E-state index contributed by atoms with van der Waals surface area (Å²) in [4.78, 5) is 5.26. The molecule has 116 valence electrons. The minimum Gasteiger partial charge on any atom is -0.399 e. The van der Waals surface area contributed by atoms with Gasteiger partial charge in [-0.1, -0.05) is 26.2 Å². The number of benzene rings is 1. The maximum absolute atomic E-state index is 5.78. The van der Waals surface area contributed by atoms with Crippen LogP contribution in [0.1, 0.15) is 39.0 Å². The van der Waals surface area contributed by atoms with Crippen molar-refractivity contribution in [2.45, 2.75) is 45.1 Å². The van der Waals surface area contributed by atoms with Gasteiger partial charge in [-0.2, -0.15) is 0 Å². The molecule has 2 unspecified atom stereocenters. The van der Waals surface area contributed by atoms with Crippen LogP contribution >= 0.6 is 0 Å². The lowest BCUT2D eigenvalue weighted by Crippen LogP contribution is -2.53. The predicted octanol–water partition coefficient (Wildman–Crippen LogP) is 3.36. The number of nitrogens with zero attached hydrogens (tertiary/aromatic N) is 2. The van der Waals surface area contributed by atoms with E-state index in [0.717, 1.165) is 30.7 Å². The number of nitrogen functional groups attached to an aromatic ring is 1. The van der Waals surface area contributed by atoms with Crippen molar-refractivity contribution >= 4 is 11.4 Å². The fourth-order valence-corrected chi connectivity index (χ4v) is 4.14. The van der Waals surface area contributed by atoms with E-state index in [9.17, 15) is 0 Å². The molecular formula is C18H29N3. The molecule has 1 aliphatic carbocycles. The summed E-state index contributed by atoms with van der Waals surface area (Å²) in [6, 6.07) is 9.17. The average molecular weight is 287 g/mol. The van der Waals surface area contributed by atoms with E-state index in [2.05, 4.69) is 28.9 Å². The summed E-state index contributed by atoms with van der Waals surface area (Å²) in [5, 5.41) is 0. The Labute approximate surface area is 129 Å². The van der Waals surface area contributed by atoms with Crippen LogP contribution in [0, 0.1) is 5.92 Å². The molecular weight excluding hydrogens is 258 g/mol. The van der Waals surface area contributed by atoms with Crippen molar-refractivity contribution in [3.63, 3.8) is 0 Å². The maximum atomic E-state index is 5.78. The second-order valence-corrected chi connectivity index (χ2v) is 6.63. The van der Waals surface area contributed by atoms with Gasteiger partial charge in [0.25, 0.3) is 0 Å². The smallest absolute Gasteiger partial charge is 0.0368 e. The van der Waals surface area contributed by atoms with Gasteiger partial charge in [-0.05, 0) is 43.0 Å². The molecule has 0 bridgehead atoms. The molecule has 3 nitrogen and oxygen atoms in total.